The summed E-state index contributed by atoms with van der Waals surface area (Å²) in [5.41, 5.74) is 5.66. The van der Waals surface area contributed by atoms with E-state index in [2.05, 4.69) is 4.74 Å². The summed E-state index contributed by atoms with van der Waals surface area (Å²) >= 11 is 5.76. The zero-order chi connectivity index (χ0) is 13.1. The van der Waals surface area contributed by atoms with Crippen molar-refractivity contribution in [2.75, 3.05) is 17.6 Å². The standard InChI is InChI=1S/C8H10ClN3O4S/c1-16-8(13)12-17(14,15)11-7-5(9)3-2-4-6(7)10/h2-4,11H,10H2,1H3,(H,12,13). The first-order chi connectivity index (χ1) is 7.85. The largest absolute Gasteiger partial charge is 0.452 e. The molecule has 0 unspecified atom stereocenters. The molecule has 0 aromatic heterocycles. The molecule has 0 spiro atoms. The fourth-order valence-electron chi connectivity index (χ4n) is 0.960. The lowest BCUT2D eigenvalue weighted by molar-refractivity contribution is 0.177. The van der Waals surface area contributed by atoms with Crippen molar-refractivity contribution in [3.8, 4) is 0 Å². The van der Waals surface area contributed by atoms with Crippen LogP contribution in [-0.2, 0) is 14.9 Å². The van der Waals surface area contributed by atoms with Gasteiger partial charge in [0, 0.05) is 0 Å². The summed E-state index contributed by atoms with van der Waals surface area (Å²) in [5.74, 6) is 0. The van der Waals surface area contributed by atoms with Crippen LogP contribution in [0.2, 0.25) is 5.02 Å². The Morgan fingerprint density at radius 2 is 2.12 bits per heavy atom. The zero-order valence-corrected chi connectivity index (χ0v) is 10.3. The van der Waals surface area contributed by atoms with Crippen LogP contribution in [0.25, 0.3) is 0 Å². The summed E-state index contributed by atoms with van der Waals surface area (Å²) in [6.45, 7) is 0. The van der Waals surface area contributed by atoms with E-state index in [-0.39, 0.29) is 16.4 Å². The zero-order valence-electron chi connectivity index (χ0n) is 8.73. The monoisotopic (exact) mass is 279 g/mol. The number of halogens is 1. The molecular formula is C8H10ClN3O4S. The van der Waals surface area contributed by atoms with Crippen LogP contribution in [0.1, 0.15) is 0 Å². The Morgan fingerprint density at radius 3 is 2.65 bits per heavy atom. The fraction of sp³-hybridized carbons (Fsp3) is 0.125. The molecule has 0 bridgehead atoms. The SMILES string of the molecule is COC(=O)NS(=O)(=O)Nc1c(N)cccc1Cl. The van der Waals surface area contributed by atoms with E-state index >= 15 is 0 Å². The second-order valence-corrected chi connectivity index (χ2v) is 4.73. The molecule has 94 valence electrons. The highest BCUT2D eigenvalue weighted by molar-refractivity contribution is 7.91. The van der Waals surface area contributed by atoms with Crippen molar-refractivity contribution in [2.24, 2.45) is 0 Å². The van der Waals surface area contributed by atoms with Gasteiger partial charge in [-0.3, -0.25) is 4.72 Å². The topological polar surface area (TPSA) is 111 Å². The summed E-state index contributed by atoms with van der Waals surface area (Å²) in [5, 5.41) is 0.111. The molecule has 1 aromatic rings. The number of benzene rings is 1. The number of nitrogen functional groups attached to an aromatic ring is 1. The van der Waals surface area contributed by atoms with Crippen molar-refractivity contribution in [3.05, 3.63) is 23.2 Å². The van der Waals surface area contributed by atoms with E-state index in [1.165, 1.54) is 12.1 Å². The molecule has 4 N–H and O–H groups in total. The van der Waals surface area contributed by atoms with Crippen molar-refractivity contribution in [3.63, 3.8) is 0 Å². The van der Waals surface area contributed by atoms with Crippen LogP contribution in [0.15, 0.2) is 18.2 Å². The number of nitrogens with one attached hydrogen (secondary N) is 2. The molecule has 0 radical (unpaired) electrons. The van der Waals surface area contributed by atoms with Crippen LogP contribution in [0, 0.1) is 0 Å². The van der Waals surface area contributed by atoms with E-state index < -0.39 is 16.3 Å². The quantitative estimate of drug-likeness (QED) is 0.713. The molecule has 7 nitrogen and oxygen atoms in total. The summed E-state index contributed by atoms with van der Waals surface area (Å²) in [4.78, 5) is 10.8. The van der Waals surface area contributed by atoms with E-state index in [9.17, 15) is 13.2 Å². The molecule has 0 aliphatic rings. The van der Waals surface area contributed by atoms with Gasteiger partial charge in [0.2, 0.25) is 0 Å². The Labute approximate surface area is 103 Å². The van der Waals surface area contributed by atoms with Crippen molar-refractivity contribution in [1.29, 1.82) is 0 Å². The Balaban J connectivity index is 2.95. The molecular weight excluding hydrogens is 270 g/mol. The number of rotatable bonds is 3. The number of carbonyl (C=O) groups excluding carboxylic acids is 1. The third kappa shape index (κ3) is 3.68. The molecule has 0 aliphatic heterocycles. The minimum atomic E-state index is -4.13. The van der Waals surface area contributed by atoms with E-state index in [0.29, 0.717) is 0 Å². The predicted octanol–water partition coefficient (Wildman–Crippen LogP) is 0.935. The minimum absolute atomic E-state index is 0.00873. The maximum atomic E-state index is 11.4. The first-order valence-corrected chi connectivity index (χ1v) is 6.14. The third-order valence-corrected chi connectivity index (χ3v) is 2.91. The second kappa shape index (κ2) is 5.11. The Morgan fingerprint density at radius 1 is 1.47 bits per heavy atom. The van der Waals surface area contributed by atoms with Gasteiger partial charge in [-0.1, -0.05) is 17.7 Å². The van der Waals surface area contributed by atoms with Gasteiger partial charge >= 0.3 is 16.3 Å². The summed E-state index contributed by atoms with van der Waals surface area (Å²) in [6.07, 6.45) is -1.12. The van der Waals surface area contributed by atoms with Gasteiger partial charge in [0.15, 0.2) is 0 Å². The number of hydrogen-bond donors (Lipinski definition) is 3. The van der Waals surface area contributed by atoms with Crippen LogP contribution < -0.4 is 15.2 Å². The highest BCUT2D eigenvalue weighted by Gasteiger charge is 2.17. The van der Waals surface area contributed by atoms with Crippen LogP contribution in [0.5, 0.6) is 0 Å². The number of methoxy groups -OCH3 is 1. The molecule has 17 heavy (non-hydrogen) atoms. The Kier molecular flexibility index (Phi) is 4.02. The number of para-hydroxylation sites is 1. The molecule has 0 heterocycles. The van der Waals surface area contributed by atoms with Gasteiger partial charge in [0.25, 0.3) is 0 Å². The van der Waals surface area contributed by atoms with Gasteiger partial charge in [0.1, 0.15) is 0 Å². The van der Waals surface area contributed by atoms with Gasteiger partial charge in [-0.2, -0.15) is 8.42 Å². The fourth-order valence-corrected chi connectivity index (χ4v) is 2.10. The number of hydrogen-bond acceptors (Lipinski definition) is 5. The van der Waals surface area contributed by atoms with E-state index in [1.807, 2.05) is 4.72 Å². The molecule has 0 aliphatic carbocycles. The highest BCUT2D eigenvalue weighted by Crippen LogP contribution is 2.28. The van der Waals surface area contributed by atoms with Gasteiger partial charge in [-0.25, -0.2) is 9.52 Å². The van der Waals surface area contributed by atoms with Crippen molar-refractivity contribution in [2.45, 2.75) is 0 Å². The van der Waals surface area contributed by atoms with Gasteiger partial charge in [0.05, 0.1) is 23.5 Å². The summed E-state index contributed by atoms with van der Waals surface area (Å²) in [7, 11) is -3.09. The lowest BCUT2D eigenvalue weighted by atomic mass is 10.3. The Hall–Kier alpha value is -1.67. The van der Waals surface area contributed by atoms with Crippen LogP contribution in [-0.4, -0.2) is 21.6 Å². The lowest BCUT2D eigenvalue weighted by Crippen LogP contribution is -2.35. The lowest BCUT2D eigenvalue weighted by Gasteiger charge is -2.11. The molecule has 0 saturated carbocycles. The van der Waals surface area contributed by atoms with E-state index in [1.54, 1.807) is 10.8 Å². The van der Waals surface area contributed by atoms with Crippen LogP contribution in [0.3, 0.4) is 0 Å². The number of ether oxygens (including phenoxy) is 1. The smallest absolute Gasteiger partial charge is 0.422 e. The maximum Gasteiger partial charge on any atom is 0.422 e. The first-order valence-electron chi connectivity index (χ1n) is 4.28. The number of amides is 1. The average molecular weight is 280 g/mol. The number of carbonyl (C=O) groups is 1. The van der Waals surface area contributed by atoms with Gasteiger partial charge in [-0.05, 0) is 12.1 Å². The molecule has 0 fully saturated rings. The summed E-state index contributed by atoms with van der Waals surface area (Å²) in [6, 6.07) is 4.47. The van der Waals surface area contributed by atoms with E-state index in [4.69, 9.17) is 17.3 Å². The van der Waals surface area contributed by atoms with Crippen LogP contribution in [0.4, 0.5) is 16.2 Å². The number of anilines is 2. The molecule has 0 atom stereocenters. The highest BCUT2D eigenvalue weighted by atomic mass is 35.5. The van der Waals surface area contributed by atoms with E-state index in [0.717, 1.165) is 7.11 Å². The first kappa shape index (κ1) is 13.4. The number of nitrogens with two attached hydrogens (primary N) is 1. The average Bonchev–Trinajstić information content (AvgIpc) is 2.23. The van der Waals surface area contributed by atoms with Crippen molar-refractivity contribution < 1.29 is 17.9 Å². The van der Waals surface area contributed by atoms with Gasteiger partial charge in [-0.15, -0.1) is 0 Å². The van der Waals surface area contributed by atoms with Crippen molar-refractivity contribution >= 4 is 39.3 Å². The molecule has 1 aromatic carbocycles. The normalized spacial score (nSPS) is 10.7. The molecule has 1 rings (SSSR count). The summed E-state index contributed by atoms with van der Waals surface area (Å²) < 4.78 is 30.6. The molecule has 0 saturated heterocycles. The maximum absolute atomic E-state index is 11.4. The third-order valence-electron chi connectivity index (χ3n) is 1.69. The molecule has 9 heteroatoms. The van der Waals surface area contributed by atoms with Crippen molar-refractivity contribution in [1.82, 2.24) is 4.72 Å². The second-order valence-electron chi connectivity index (χ2n) is 2.90. The predicted molar refractivity (Wildman–Crippen MR) is 63.9 cm³/mol. The Bertz CT molecular complexity index is 511. The van der Waals surface area contributed by atoms with Crippen LogP contribution >= 0.6 is 11.6 Å². The minimum Gasteiger partial charge on any atom is -0.452 e. The molecule has 1 amide bonds. The van der Waals surface area contributed by atoms with Gasteiger partial charge < -0.3 is 10.5 Å².